The van der Waals surface area contributed by atoms with Crippen LogP contribution in [0.25, 0.3) is 0 Å². The highest BCUT2D eigenvalue weighted by molar-refractivity contribution is 5.56. The Bertz CT molecular complexity index is 305. The molecule has 1 aromatic rings. The van der Waals surface area contributed by atoms with Gasteiger partial charge in [-0.2, -0.15) is 0 Å². The Labute approximate surface area is 82.7 Å². The van der Waals surface area contributed by atoms with Gasteiger partial charge < -0.3 is 19.7 Å². The third-order valence-corrected chi connectivity index (χ3v) is 2.13. The summed E-state index contributed by atoms with van der Waals surface area (Å²) in [6.07, 6.45) is 0. The number of aliphatic hydroxyl groups excluding tert-OH is 1. The molecule has 0 unspecified atom stereocenters. The van der Waals surface area contributed by atoms with E-state index in [1.807, 2.05) is 0 Å². The summed E-state index contributed by atoms with van der Waals surface area (Å²) in [5.74, 6) is 0.894. The second-order valence-corrected chi connectivity index (χ2v) is 2.90. The first-order valence-electron chi connectivity index (χ1n) is 4.20. The molecule has 0 fully saturated rings. The smallest absolute Gasteiger partial charge is 0.167 e. The quantitative estimate of drug-likeness (QED) is 0.766. The van der Waals surface area contributed by atoms with Gasteiger partial charge in [0.1, 0.15) is 5.75 Å². The second-order valence-electron chi connectivity index (χ2n) is 2.90. The highest BCUT2D eigenvalue weighted by atomic mass is 16.5. The Morgan fingerprint density at radius 2 is 1.93 bits per heavy atom. The van der Waals surface area contributed by atoms with Gasteiger partial charge in [-0.15, -0.1) is 0 Å². The summed E-state index contributed by atoms with van der Waals surface area (Å²) in [6, 6.07) is 1.59. The maximum atomic E-state index is 9.65. The molecule has 0 amide bonds. The van der Waals surface area contributed by atoms with Crippen LogP contribution in [0, 0.1) is 6.92 Å². The van der Waals surface area contributed by atoms with Crippen LogP contribution in [0.2, 0.25) is 0 Å². The van der Waals surface area contributed by atoms with Gasteiger partial charge in [-0.25, -0.2) is 0 Å². The van der Waals surface area contributed by atoms with E-state index in [0.29, 0.717) is 22.6 Å². The Morgan fingerprint density at radius 3 is 2.36 bits per heavy atom. The topological polar surface area (TPSA) is 58.9 Å². The molecule has 0 spiro atoms. The molecule has 1 aromatic carbocycles. The van der Waals surface area contributed by atoms with Crippen LogP contribution in [0.15, 0.2) is 6.07 Å². The average molecular weight is 198 g/mol. The van der Waals surface area contributed by atoms with Crippen LogP contribution in [0.1, 0.15) is 11.1 Å². The molecule has 0 bridgehead atoms. The fraction of sp³-hybridized carbons (Fsp3) is 0.400. The molecule has 14 heavy (non-hydrogen) atoms. The lowest BCUT2D eigenvalue weighted by molar-refractivity contribution is 0.270. The zero-order valence-electron chi connectivity index (χ0n) is 8.50. The lowest BCUT2D eigenvalue weighted by Crippen LogP contribution is -1.96. The van der Waals surface area contributed by atoms with Gasteiger partial charge in [0.25, 0.3) is 0 Å². The number of hydrogen-bond acceptors (Lipinski definition) is 4. The maximum Gasteiger partial charge on any atom is 0.167 e. The molecule has 0 heterocycles. The van der Waals surface area contributed by atoms with Crippen molar-refractivity contribution in [3.63, 3.8) is 0 Å². The highest BCUT2D eigenvalue weighted by Crippen LogP contribution is 2.39. The molecule has 0 aliphatic rings. The predicted octanol–water partition coefficient (Wildman–Crippen LogP) is 1.21. The molecule has 0 atom stereocenters. The molecule has 0 saturated heterocycles. The molecule has 0 aliphatic heterocycles. The lowest BCUT2D eigenvalue weighted by Gasteiger charge is -2.13. The first-order valence-corrected chi connectivity index (χ1v) is 4.20. The van der Waals surface area contributed by atoms with Crippen molar-refractivity contribution in [3.05, 3.63) is 17.2 Å². The number of phenols is 1. The van der Waals surface area contributed by atoms with E-state index in [0.717, 1.165) is 0 Å². The van der Waals surface area contributed by atoms with E-state index in [-0.39, 0.29) is 12.4 Å². The van der Waals surface area contributed by atoms with E-state index in [9.17, 15) is 5.11 Å². The predicted molar refractivity (Wildman–Crippen MR) is 51.9 cm³/mol. The van der Waals surface area contributed by atoms with E-state index in [4.69, 9.17) is 14.6 Å². The van der Waals surface area contributed by atoms with Crippen LogP contribution >= 0.6 is 0 Å². The monoisotopic (exact) mass is 198 g/mol. The SMILES string of the molecule is COc1cc(CO)c(O)c(OC)c1C. The Morgan fingerprint density at radius 1 is 1.29 bits per heavy atom. The minimum absolute atomic E-state index is 0.0340. The number of ether oxygens (including phenoxy) is 2. The number of aromatic hydroxyl groups is 1. The summed E-state index contributed by atoms with van der Waals surface area (Å²) < 4.78 is 10.1. The van der Waals surface area contributed by atoms with Gasteiger partial charge in [-0.05, 0) is 13.0 Å². The first-order chi connectivity index (χ1) is 6.65. The van der Waals surface area contributed by atoms with Crippen LogP contribution in [-0.2, 0) is 6.61 Å². The molecule has 0 radical (unpaired) electrons. The van der Waals surface area contributed by atoms with Gasteiger partial charge in [0.15, 0.2) is 11.5 Å². The number of benzene rings is 1. The number of rotatable bonds is 3. The minimum atomic E-state index is -0.251. The first kappa shape index (κ1) is 10.7. The summed E-state index contributed by atoms with van der Waals surface area (Å²) in [6.45, 7) is 1.53. The molecule has 0 aliphatic carbocycles. The molecule has 1 rings (SSSR count). The zero-order valence-corrected chi connectivity index (χ0v) is 8.50. The molecule has 0 saturated carbocycles. The molecule has 4 heteroatoms. The second kappa shape index (κ2) is 4.19. The van der Waals surface area contributed by atoms with Gasteiger partial charge in [-0.3, -0.25) is 0 Å². The Kier molecular flexibility index (Phi) is 3.19. The maximum absolute atomic E-state index is 9.65. The molecule has 0 aromatic heterocycles. The summed E-state index contributed by atoms with van der Waals surface area (Å²) >= 11 is 0. The average Bonchev–Trinajstić information content (AvgIpc) is 2.19. The molecule has 78 valence electrons. The van der Waals surface area contributed by atoms with Crippen LogP contribution in [-0.4, -0.2) is 24.4 Å². The van der Waals surface area contributed by atoms with Gasteiger partial charge in [0.2, 0.25) is 0 Å². The van der Waals surface area contributed by atoms with Crippen molar-refractivity contribution in [1.29, 1.82) is 0 Å². The van der Waals surface area contributed by atoms with Crippen LogP contribution in [0.5, 0.6) is 17.2 Å². The third kappa shape index (κ3) is 1.61. The van der Waals surface area contributed by atoms with Crippen molar-refractivity contribution in [2.45, 2.75) is 13.5 Å². The van der Waals surface area contributed by atoms with E-state index < -0.39 is 0 Å². The van der Waals surface area contributed by atoms with Crippen molar-refractivity contribution in [3.8, 4) is 17.2 Å². The Balaban J connectivity index is 3.39. The van der Waals surface area contributed by atoms with Gasteiger partial charge in [-0.1, -0.05) is 0 Å². The van der Waals surface area contributed by atoms with E-state index >= 15 is 0 Å². The van der Waals surface area contributed by atoms with Crippen molar-refractivity contribution in [2.24, 2.45) is 0 Å². The van der Waals surface area contributed by atoms with E-state index in [1.165, 1.54) is 14.2 Å². The standard InChI is InChI=1S/C10H14O4/c1-6-8(13-2)4-7(5-11)9(12)10(6)14-3/h4,11-12H,5H2,1-3H3. The fourth-order valence-electron chi connectivity index (χ4n) is 1.35. The van der Waals surface area contributed by atoms with E-state index in [1.54, 1.807) is 13.0 Å². The Hall–Kier alpha value is -1.42. The number of aliphatic hydroxyl groups is 1. The zero-order chi connectivity index (χ0) is 10.7. The van der Waals surface area contributed by atoms with Gasteiger partial charge >= 0.3 is 0 Å². The number of methoxy groups -OCH3 is 2. The van der Waals surface area contributed by atoms with Crippen molar-refractivity contribution < 1.29 is 19.7 Å². The van der Waals surface area contributed by atoms with Crippen molar-refractivity contribution in [1.82, 2.24) is 0 Å². The van der Waals surface area contributed by atoms with Crippen molar-refractivity contribution in [2.75, 3.05) is 14.2 Å². The van der Waals surface area contributed by atoms with Gasteiger partial charge in [0, 0.05) is 11.1 Å². The minimum Gasteiger partial charge on any atom is -0.504 e. The van der Waals surface area contributed by atoms with E-state index in [2.05, 4.69) is 0 Å². The summed E-state index contributed by atoms with van der Waals surface area (Å²) in [4.78, 5) is 0. The molecule has 4 nitrogen and oxygen atoms in total. The van der Waals surface area contributed by atoms with Crippen molar-refractivity contribution >= 4 is 0 Å². The van der Waals surface area contributed by atoms with Crippen LogP contribution in [0.4, 0.5) is 0 Å². The molecular formula is C10H14O4. The van der Waals surface area contributed by atoms with Gasteiger partial charge in [0.05, 0.1) is 20.8 Å². The lowest BCUT2D eigenvalue weighted by atomic mass is 10.1. The third-order valence-electron chi connectivity index (χ3n) is 2.13. The highest BCUT2D eigenvalue weighted by Gasteiger charge is 2.15. The summed E-state index contributed by atoms with van der Waals surface area (Å²) in [7, 11) is 2.99. The molecular weight excluding hydrogens is 184 g/mol. The summed E-state index contributed by atoms with van der Waals surface area (Å²) in [5, 5.41) is 18.6. The fourth-order valence-corrected chi connectivity index (χ4v) is 1.35. The van der Waals surface area contributed by atoms with Crippen LogP contribution < -0.4 is 9.47 Å². The number of hydrogen-bond donors (Lipinski definition) is 2. The normalized spacial score (nSPS) is 10.0. The largest absolute Gasteiger partial charge is 0.504 e. The molecule has 2 N–H and O–H groups in total. The summed E-state index contributed by atoms with van der Waals surface area (Å²) in [5.41, 5.74) is 1.11. The van der Waals surface area contributed by atoms with Crippen LogP contribution in [0.3, 0.4) is 0 Å².